The Morgan fingerprint density at radius 3 is 2.88 bits per heavy atom. The first-order valence-corrected chi connectivity index (χ1v) is 8.52. The van der Waals surface area contributed by atoms with E-state index < -0.39 is 0 Å². The second-order valence-corrected chi connectivity index (χ2v) is 5.86. The molecule has 1 unspecified atom stereocenters. The van der Waals surface area contributed by atoms with Crippen molar-refractivity contribution in [3.8, 4) is 11.5 Å². The summed E-state index contributed by atoms with van der Waals surface area (Å²) in [6.45, 7) is 5.13. The van der Waals surface area contributed by atoms with E-state index in [1.807, 2.05) is 25.1 Å². The number of piperidine rings is 1. The molecule has 0 aromatic heterocycles. The predicted octanol–water partition coefficient (Wildman–Crippen LogP) is 2.56. The summed E-state index contributed by atoms with van der Waals surface area (Å²) >= 11 is 0. The minimum atomic E-state index is 0. The Balaban J connectivity index is 0.00000288. The fraction of sp³-hybridized carbons (Fsp3) is 0.611. The van der Waals surface area contributed by atoms with Crippen molar-refractivity contribution in [2.75, 3.05) is 33.4 Å². The van der Waals surface area contributed by atoms with Crippen LogP contribution in [0.3, 0.4) is 0 Å². The number of amides is 1. The van der Waals surface area contributed by atoms with Gasteiger partial charge >= 0.3 is 0 Å². The molecule has 1 aromatic rings. The molecular formula is C18H29ClN2O3. The van der Waals surface area contributed by atoms with Crippen molar-refractivity contribution in [3.05, 3.63) is 23.8 Å². The SMILES string of the molecule is CCOc1cc(CCCNC(=O)C2CCCNC2)ccc1OC.Cl. The topological polar surface area (TPSA) is 59.6 Å². The molecule has 1 aliphatic heterocycles. The monoisotopic (exact) mass is 356 g/mol. The van der Waals surface area contributed by atoms with Crippen LogP contribution in [0.15, 0.2) is 18.2 Å². The van der Waals surface area contributed by atoms with Gasteiger partial charge in [0.1, 0.15) is 0 Å². The van der Waals surface area contributed by atoms with E-state index in [1.165, 1.54) is 5.56 Å². The molecular weight excluding hydrogens is 328 g/mol. The van der Waals surface area contributed by atoms with Crippen LogP contribution < -0.4 is 20.1 Å². The third-order valence-corrected chi connectivity index (χ3v) is 4.14. The van der Waals surface area contributed by atoms with Crippen molar-refractivity contribution in [2.24, 2.45) is 5.92 Å². The van der Waals surface area contributed by atoms with Gasteiger partial charge in [-0.25, -0.2) is 0 Å². The van der Waals surface area contributed by atoms with Crippen LogP contribution in [0.4, 0.5) is 0 Å². The standard InChI is InChI=1S/C18H28N2O3.ClH/c1-3-23-17-12-14(8-9-16(17)22-2)6-4-11-20-18(21)15-7-5-10-19-13-15;/h8-9,12,15,19H,3-7,10-11,13H2,1-2H3,(H,20,21);1H. The van der Waals surface area contributed by atoms with Gasteiger partial charge in [-0.1, -0.05) is 6.07 Å². The zero-order valence-electron chi connectivity index (χ0n) is 14.6. The molecule has 24 heavy (non-hydrogen) atoms. The quantitative estimate of drug-likeness (QED) is 0.703. The molecule has 5 nitrogen and oxygen atoms in total. The number of ether oxygens (including phenoxy) is 2. The second-order valence-electron chi connectivity index (χ2n) is 5.86. The molecule has 136 valence electrons. The molecule has 0 spiro atoms. The van der Waals surface area contributed by atoms with Gasteiger partial charge in [-0.3, -0.25) is 4.79 Å². The summed E-state index contributed by atoms with van der Waals surface area (Å²) in [7, 11) is 1.65. The summed E-state index contributed by atoms with van der Waals surface area (Å²) in [5, 5.41) is 6.32. The second kappa shape index (κ2) is 11.2. The van der Waals surface area contributed by atoms with Crippen LogP contribution >= 0.6 is 12.4 Å². The average molecular weight is 357 g/mol. The van der Waals surface area contributed by atoms with Gasteiger partial charge in [0, 0.05) is 13.1 Å². The normalized spacial score (nSPS) is 16.8. The van der Waals surface area contributed by atoms with E-state index >= 15 is 0 Å². The lowest BCUT2D eigenvalue weighted by Crippen LogP contribution is -2.40. The number of hydrogen-bond acceptors (Lipinski definition) is 4. The molecule has 2 N–H and O–H groups in total. The van der Waals surface area contributed by atoms with Crippen molar-refractivity contribution in [1.29, 1.82) is 0 Å². The lowest BCUT2D eigenvalue weighted by atomic mass is 9.99. The van der Waals surface area contributed by atoms with Crippen molar-refractivity contribution >= 4 is 18.3 Å². The Hall–Kier alpha value is -1.46. The van der Waals surface area contributed by atoms with E-state index in [9.17, 15) is 4.79 Å². The number of hydrogen-bond donors (Lipinski definition) is 2. The van der Waals surface area contributed by atoms with Gasteiger partial charge in [0.2, 0.25) is 5.91 Å². The van der Waals surface area contributed by atoms with Gasteiger partial charge < -0.3 is 20.1 Å². The maximum atomic E-state index is 12.0. The molecule has 2 rings (SSSR count). The first-order chi connectivity index (χ1) is 11.2. The Morgan fingerprint density at radius 1 is 1.38 bits per heavy atom. The van der Waals surface area contributed by atoms with Crippen LogP contribution in [0.25, 0.3) is 0 Å². The van der Waals surface area contributed by atoms with E-state index in [0.717, 1.165) is 50.3 Å². The van der Waals surface area contributed by atoms with Crippen LogP contribution in [0.2, 0.25) is 0 Å². The van der Waals surface area contributed by atoms with Gasteiger partial charge in [0.15, 0.2) is 11.5 Å². The average Bonchev–Trinajstić information content (AvgIpc) is 2.60. The number of carbonyl (C=O) groups excluding carboxylic acids is 1. The summed E-state index contributed by atoms with van der Waals surface area (Å²) in [6.07, 6.45) is 3.91. The van der Waals surface area contributed by atoms with Gasteiger partial charge in [-0.05, 0) is 56.8 Å². The highest BCUT2D eigenvalue weighted by molar-refractivity contribution is 5.85. The Kier molecular flexibility index (Phi) is 9.57. The van der Waals surface area contributed by atoms with Crippen LogP contribution in [-0.4, -0.2) is 39.3 Å². The van der Waals surface area contributed by atoms with E-state index in [-0.39, 0.29) is 24.2 Å². The fourth-order valence-corrected chi connectivity index (χ4v) is 2.87. The Bertz CT molecular complexity index is 505. The third-order valence-electron chi connectivity index (χ3n) is 4.14. The van der Waals surface area contributed by atoms with Gasteiger partial charge in [0.05, 0.1) is 19.6 Å². The number of rotatable bonds is 8. The first-order valence-electron chi connectivity index (χ1n) is 8.52. The van der Waals surface area contributed by atoms with Crippen molar-refractivity contribution < 1.29 is 14.3 Å². The van der Waals surface area contributed by atoms with Crippen LogP contribution in [-0.2, 0) is 11.2 Å². The summed E-state index contributed by atoms with van der Waals surface area (Å²) in [6, 6.07) is 6.01. The third kappa shape index (κ3) is 6.21. The van der Waals surface area contributed by atoms with E-state index in [0.29, 0.717) is 13.2 Å². The number of halogens is 1. The lowest BCUT2D eigenvalue weighted by molar-refractivity contribution is -0.125. The molecule has 1 aliphatic rings. The molecule has 1 fully saturated rings. The van der Waals surface area contributed by atoms with Crippen LogP contribution in [0, 0.1) is 5.92 Å². The molecule has 1 aromatic carbocycles. The van der Waals surface area contributed by atoms with Gasteiger partial charge in [-0.15, -0.1) is 12.4 Å². The van der Waals surface area contributed by atoms with Crippen LogP contribution in [0.1, 0.15) is 31.7 Å². The number of carbonyl (C=O) groups is 1. The minimum Gasteiger partial charge on any atom is -0.493 e. The minimum absolute atomic E-state index is 0. The van der Waals surface area contributed by atoms with Crippen molar-refractivity contribution in [2.45, 2.75) is 32.6 Å². The summed E-state index contributed by atoms with van der Waals surface area (Å²) in [5.74, 6) is 1.86. The highest BCUT2D eigenvalue weighted by Gasteiger charge is 2.20. The zero-order valence-corrected chi connectivity index (χ0v) is 15.4. The number of aryl methyl sites for hydroxylation is 1. The highest BCUT2D eigenvalue weighted by atomic mass is 35.5. The van der Waals surface area contributed by atoms with E-state index in [1.54, 1.807) is 7.11 Å². The Morgan fingerprint density at radius 2 is 2.21 bits per heavy atom. The van der Waals surface area contributed by atoms with Crippen molar-refractivity contribution in [1.82, 2.24) is 10.6 Å². The zero-order chi connectivity index (χ0) is 16.5. The largest absolute Gasteiger partial charge is 0.493 e. The molecule has 0 bridgehead atoms. The molecule has 6 heteroatoms. The molecule has 0 aliphatic carbocycles. The first kappa shape index (κ1) is 20.6. The predicted molar refractivity (Wildman–Crippen MR) is 98.3 cm³/mol. The highest BCUT2D eigenvalue weighted by Crippen LogP contribution is 2.28. The summed E-state index contributed by atoms with van der Waals surface area (Å²) in [4.78, 5) is 12.0. The van der Waals surface area contributed by atoms with Crippen molar-refractivity contribution in [3.63, 3.8) is 0 Å². The molecule has 1 heterocycles. The molecule has 1 atom stereocenters. The van der Waals surface area contributed by atoms with Gasteiger partial charge in [-0.2, -0.15) is 0 Å². The fourth-order valence-electron chi connectivity index (χ4n) is 2.87. The lowest BCUT2D eigenvalue weighted by Gasteiger charge is -2.21. The summed E-state index contributed by atoms with van der Waals surface area (Å²) < 4.78 is 10.9. The van der Waals surface area contributed by atoms with Gasteiger partial charge in [0.25, 0.3) is 0 Å². The van der Waals surface area contributed by atoms with E-state index in [4.69, 9.17) is 9.47 Å². The number of nitrogens with one attached hydrogen (secondary N) is 2. The van der Waals surface area contributed by atoms with E-state index in [2.05, 4.69) is 10.6 Å². The molecule has 1 amide bonds. The van der Waals surface area contributed by atoms with Crippen LogP contribution in [0.5, 0.6) is 11.5 Å². The smallest absolute Gasteiger partial charge is 0.224 e. The maximum Gasteiger partial charge on any atom is 0.224 e. The maximum absolute atomic E-state index is 12.0. The molecule has 0 radical (unpaired) electrons. The molecule has 0 saturated carbocycles. The summed E-state index contributed by atoms with van der Waals surface area (Å²) in [5.41, 5.74) is 1.20. The number of methoxy groups -OCH3 is 1. The Labute approximate surface area is 150 Å². The molecule has 1 saturated heterocycles. The number of benzene rings is 1.